The number of rotatable bonds is 9. The van der Waals surface area contributed by atoms with E-state index in [0.717, 1.165) is 71.2 Å². The van der Waals surface area contributed by atoms with Gasteiger partial charge in [-0.2, -0.15) is 0 Å². The molecule has 2 heterocycles. The van der Waals surface area contributed by atoms with Crippen LogP contribution in [0, 0.1) is 34.0 Å². The van der Waals surface area contributed by atoms with Crippen LogP contribution in [0.1, 0.15) is 107 Å². The molecule has 6 unspecified atom stereocenters. The number of carbonyl (C=O) groups is 2. The van der Waals surface area contributed by atoms with Crippen LogP contribution >= 0.6 is 0 Å². The average Bonchev–Trinajstić information content (AvgIpc) is 3.07. The zero-order chi connectivity index (χ0) is 34.5. The first kappa shape index (κ1) is 32.9. The Balaban J connectivity index is 0.862. The fourth-order valence-electron chi connectivity index (χ4n) is 15.5. The largest absolute Gasteiger partial charge is 0.352 e. The maximum Gasteiger partial charge on any atom is 0.226 e. The lowest BCUT2D eigenvalue weighted by molar-refractivity contribution is -0.153. The molecule has 0 radical (unpaired) electrons. The molecule has 6 heteroatoms. The average molecular weight is 689 g/mol. The first-order valence-corrected chi connectivity index (χ1v) is 20.8. The van der Waals surface area contributed by atoms with E-state index in [1.54, 1.807) is 0 Å². The molecule has 2 N–H and O–H groups in total. The van der Waals surface area contributed by atoms with Crippen molar-refractivity contribution in [2.24, 2.45) is 34.0 Å². The molecule has 2 aromatic carbocycles. The van der Waals surface area contributed by atoms with Gasteiger partial charge in [-0.25, -0.2) is 0 Å². The molecule has 0 aromatic heterocycles. The summed E-state index contributed by atoms with van der Waals surface area (Å²) < 4.78 is 0. The number of hydrogen-bond donors (Lipinski definition) is 2. The SMILES string of the molecule is CN1CC(NC(=O)CC23CC4CC(CN5CCC[C@@H](NC(=O)C67CC8CC(C6)CC(c6ccccc6)(C8)C7)C5)(C2)CC(c2ccccc2)(C4)C3)C1. The summed E-state index contributed by atoms with van der Waals surface area (Å²) in [5.41, 5.74) is 3.49. The highest BCUT2D eigenvalue weighted by Crippen LogP contribution is 2.71. The molecule has 2 amide bonds. The van der Waals surface area contributed by atoms with Crippen molar-refractivity contribution in [3.8, 4) is 0 Å². The summed E-state index contributed by atoms with van der Waals surface area (Å²) in [7, 11) is 2.13. The molecule has 7 atom stereocenters. The number of nitrogens with zero attached hydrogens (tertiary/aromatic N) is 2. The monoisotopic (exact) mass is 688 g/mol. The Hall–Kier alpha value is -2.70. The van der Waals surface area contributed by atoms with E-state index in [0.29, 0.717) is 36.1 Å². The highest BCUT2D eigenvalue weighted by molar-refractivity contribution is 5.84. The number of piperidine rings is 1. The second kappa shape index (κ2) is 11.9. The van der Waals surface area contributed by atoms with Crippen LogP contribution in [0.25, 0.3) is 0 Å². The zero-order valence-corrected chi connectivity index (χ0v) is 31.0. The Morgan fingerprint density at radius 1 is 0.686 bits per heavy atom. The molecule has 8 aliphatic carbocycles. The summed E-state index contributed by atoms with van der Waals surface area (Å²) in [5.74, 6) is 2.74. The van der Waals surface area contributed by atoms with Gasteiger partial charge in [-0.3, -0.25) is 9.59 Å². The van der Waals surface area contributed by atoms with E-state index in [1.807, 2.05) is 0 Å². The maximum atomic E-state index is 14.5. The molecular weight excluding hydrogens is 629 g/mol. The minimum Gasteiger partial charge on any atom is -0.352 e. The minimum atomic E-state index is -0.188. The van der Waals surface area contributed by atoms with Crippen LogP contribution < -0.4 is 10.6 Å². The van der Waals surface area contributed by atoms with Gasteiger partial charge < -0.3 is 20.4 Å². The minimum absolute atomic E-state index is 0.0889. The number of likely N-dealkylation sites (tertiary alicyclic amines) is 2. The van der Waals surface area contributed by atoms with E-state index in [9.17, 15) is 9.59 Å². The predicted molar refractivity (Wildman–Crippen MR) is 201 cm³/mol. The van der Waals surface area contributed by atoms with Crippen molar-refractivity contribution in [3.05, 3.63) is 71.8 Å². The summed E-state index contributed by atoms with van der Waals surface area (Å²) in [6, 6.07) is 23.2. The van der Waals surface area contributed by atoms with Gasteiger partial charge in [-0.1, -0.05) is 60.7 Å². The standard InChI is InChI=1S/C45H60N4O2/c1-48-24-38(25-48)46-39(50)23-41-16-34-17-42(27-41,29-45(22-34,28-41)36-11-6-3-7-12-36)31-49-14-8-13-37(26-49)47-40(51)44-20-32-15-33(21-44)19-43(18-32,30-44)35-9-4-2-5-10-35/h2-7,9-12,32-34,37-38H,8,13-31H2,1H3,(H,46,50)(H,47,51)/t32?,33?,34?,37-,41?,42?,43?,44?,45?/m1/s1. The molecule has 12 rings (SSSR count). The van der Waals surface area contributed by atoms with Crippen LogP contribution in [-0.2, 0) is 20.4 Å². The normalized spacial score (nSPS) is 42.8. The van der Waals surface area contributed by atoms with Crippen molar-refractivity contribution < 1.29 is 9.59 Å². The van der Waals surface area contributed by atoms with Gasteiger partial charge in [0.25, 0.3) is 0 Å². The lowest BCUT2D eigenvalue weighted by atomic mass is 9.38. The highest BCUT2D eigenvalue weighted by atomic mass is 16.2. The first-order chi connectivity index (χ1) is 24.6. The van der Waals surface area contributed by atoms with E-state index in [1.165, 1.54) is 62.5 Å². The van der Waals surface area contributed by atoms with Gasteiger partial charge in [0, 0.05) is 38.6 Å². The number of nitrogens with one attached hydrogen (secondary N) is 2. The lowest BCUT2D eigenvalue weighted by Gasteiger charge is -2.68. The summed E-state index contributed by atoms with van der Waals surface area (Å²) in [6.07, 6.45) is 17.4. The molecule has 2 aliphatic heterocycles. The predicted octanol–water partition coefficient (Wildman–Crippen LogP) is 6.83. The van der Waals surface area contributed by atoms with Gasteiger partial charge in [0.15, 0.2) is 0 Å². The van der Waals surface area contributed by atoms with Gasteiger partial charge in [-0.05, 0) is 154 Å². The lowest BCUT2D eigenvalue weighted by Crippen LogP contribution is -2.64. The maximum absolute atomic E-state index is 14.5. The second-order valence-corrected chi connectivity index (χ2v) is 20.3. The van der Waals surface area contributed by atoms with E-state index >= 15 is 0 Å². The van der Waals surface area contributed by atoms with Crippen molar-refractivity contribution in [1.82, 2.24) is 20.4 Å². The summed E-state index contributed by atoms with van der Waals surface area (Å²) >= 11 is 0. The van der Waals surface area contributed by atoms with Crippen LogP contribution in [0.15, 0.2) is 60.7 Å². The summed E-state index contributed by atoms with van der Waals surface area (Å²) in [5, 5.41) is 7.16. The molecular formula is C45H60N4O2. The summed E-state index contributed by atoms with van der Waals surface area (Å²) in [6.45, 7) is 5.18. The number of carbonyl (C=O) groups excluding carboxylic acids is 2. The van der Waals surface area contributed by atoms with Crippen molar-refractivity contribution in [2.45, 2.75) is 119 Å². The van der Waals surface area contributed by atoms with E-state index in [2.05, 4.69) is 88.1 Å². The second-order valence-electron chi connectivity index (χ2n) is 20.3. The van der Waals surface area contributed by atoms with E-state index in [4.69, 9.17) is 0 Å². The van der Waals surface area contributed by atoms with Crippen LogP contribution in [0.2, 0.25) is 0 Å². The number of benzene rings is 2. The fourth-order valence-corrected chi connectivity index (χ4v) is 15.5. The summed E-state index contributed by atoms with van der Waals surface area (Å²) in [4.78, 5) is 33.3. The molecule has 10 aliphatic rings. The number of likely N-dealkylation sites (N-methyl/N-ethyl adjacent to an activating group) is 1. The van der Waals surface area contributed by atoms with Crippen LogP contribution in [-0.4, -0.2) is 73.5 Å². The van der Waals surface area contributed by atoms with Gasteiger partial charge in [-0.15, -0.1) is 0 Å². The Morgan fingerprint density at radius 3 is 2.04 bits per heavy atom. The molecule has 2 saturated heterocycles. The topological polar surface area (TPSA) is 64.7 Å². The third-order valence-corrected chi connectivity index (χ3v) is 16.0. The third-order valence-electron chi connectivity index (χ3n) is 16.0. The van der Waals surface area contributed by atoms with Crippen molar-refractivity contribution >= 4 is 11.8 Å². The Bertz CT molecular complexity index is 1640. The quantitative estimate of drug-likeness (QED) is 0.303. The first-order valence-electron chi connectivity index (χ1n) is 20.8. The van der Waals surface area contributed by atoms with E-state index in [-0.39, 0.29) is 39.0 Å². The van der Waals surface area contributed by atoms with Gasteiger partial charge in [0.05, 0.1) is 11.5 Å². The molecule has 6 nitrogen and oxygen atoms in total. The highest BCUT2D eigenvalue weighted by Gasteiger charge is 2.64. The molecule has 8 bridgehead atoms. The van der Waals surface area contributed by atoms with Crippen LogP contribution in [0.3, 0.4) is 0 Å². The number of hydrogen-bond acceptors (Lipinski definition) is 4. The number of amides is 2. The van der Waals surface area contributed by atoms with Crippen molar-refractivity contribution in [2.75, 3.05) is 39.8 Å². The van der Waals surface area contributed by atoms with Crippen molar-refractivity contribution in [3.63, 3.8) is 0 Å². The molecule has 8 saturated carbocycles. The molecule has 0 spiro atoms. The van der Waals surface area contributed by atoms with Crippen LogP contribution in [0.4, 0.5) is 0 Å². The van der Waals surface area contributed by atoms with Crippen LogP contribution in [0.5, 0.6) is 0 Å². The smallest absolute Gasteiger partial charge is 0.226 e. The third kappa shape index (κ3) is 5.72. The van der Waals surface area contributed by atoms with E-state index < -0.39 is 0 Å². The fraction of sp³-hybridized carbons (Fsp3) is 0.689. The van der Waals surface area contributed by atoms with Gasteiger partial charge >= 0.3 is 0 Å². The Labute approximate surface area is 305 Å². The molecule has 272 valence electrons. The zero-order valence-electron chi connectivity index (χ0n) is 31.0. The van der Waals surface area contributed by atoms with Crippen molar-refractivity contribution in [1.29, 1.82) is 0 Å². The van der Waals surface area contributed by atoms with Gasteiger partial charge in [0.2, 0.25) is 11.8 Å². The Morgan fingerprint density at radius 2 is 1.33 bits per heavy atom. The Kier molecular flexibility index (Phi) is 7.68. The molecule has 2 aromatic rings. The van der Waals surface area contributed by atoms with Gasteiger partial charge in [0.1, 0.15) is 0 Å². The molecule has 51 heavy (non-hydrogen) atoms. The molecule has 10 fully saturated rings.